The fourth-order valence-corrected chi connectivity index (χ4v) is 3.74. The zero-order chi connectivity index (χ0) is 22.6. The largest absolute Gasteiger partial charge is 0.495 e. The predicted octanol–water partition coefficient (Wildman–Crippen LogP) is 3.84. The maximum Gasteiger partial charge on any atom is 0.255 e. The molecule has 0 aliphatic carbocycles. The van der Waals surface area contributed by atoms with Crippen molar-refractivity contribution >= 4 is 29.0 Å². The molecule has 0 fully saturated rings. The second-order valence-electron chi connectivity index (χ2n) is 7.46. The highest BCUT2D eigenvalue weighted by Crippen LogP contribution is 2.34. The molecule has 1 aliphatic rings. The van der Waals surface area contributed by atoms with Gasteiger partial charge < -0.3 is 19.5 Å². The Morgan fingerprint density at radius 1 is 1.15 bits per heavy atom. The van der Waals surface area contributed by atoms with Crippen molar-refractivity contribution in [3.8, 4) is 17.2 Å². The van der Waals surface area contributed by atoms with Gasteiger partial charge in [-0.1, -0.05) is 18.2 Å². The quantitative estimate of drug-likeness (QED) is 0.471. The first-order valence-corrected chi connectivity index (χ1v) is 10.5. The van der Waals surface area contributed by atoms with Crippen LogP contribution in [0.25, 0.3) is 23.1 Å². The van der Waals surface area contributed by atoms with Crippen molar-refractivity contribution in [1.29, 1.82) is 0 Å². The highest BCUT2D eigenvalue weighted by Gasteiger charge is 2.19. The molecule has 0 unspecified atom stereocenters. The molecule has 0 atom stereocenters. The number of carbonyl (C=O) groups excluding carboxylic acids is 1. The molecular weight excluding hydrogens is 420 g/mol. The van der Waals surface area contributed by atoms with Gasteiger partial charge in [-0.3, -0.25) is 14.9 Å². The minimum Gasteiger partial charge on any atom is -0.495 e. The molecular formula is C25H22N4O4. The zero-order valence-electron chi connectivity index (χ0n) is 18.0. The van der Waals surface area contributed by atoms with Gasteiger partial charge in [0.1, 0.15) is 19.0 Å². The molecule has 1 aliphatic heterocycles. The van der Waals surface area contributed by atoms with Crippen LogP contribution < -0.4 is 19.5 Å². The van der Waals surface area contributed by atoms with Crippen molar-refractivity contribution in [2.75, 3.05) is 20.3 Å². The van der Waals surface area contributed by atoms with Gasteiger partial charge in [0, 0.05) is 18.9 Å². The number of ether oxygens (including phenoxy) is 3. The second-order valence-corrected chi connectivity index (χ2v) is 7.46. The molecule has 2 aromatic heterocycles. The van der Waals surface area contributed by atoms with Crippen LogP contribution in [0.4, 0.5) is 0 Å². The number of pyridine rings is 1. The van der Waals surface area contributed by atoms with Gasteiger partial charge in [-0.25, -0.2) is 0 Å². The molecule has 166 valence electrons. The fraction of sp³-hybridized carbons (Fsp3) is 0.160. The van der Waals surface area contributed by atoms with Gasteiger partial charge in [-0.05, 0) is 47.5 Å². The van der Waals surface area contributed by atoms with Crippen LogP contribution in [0.2, 0.25) is 0 Å². The van der Waals surface area contributed by atoms with E-state index in [1.165, 1.54) is 0 Å². The number of carbonyl (C=O) groups is 1. The van der Waals surface area contributed by atoms with Crippen molar-refractivity contribution < 1.29 is 19.0 Å². The average Bonchev–Trinajstić information content (AvgIpc) is 3.29. The van der Waals surface area contributed by atoms with Crippen molar-refractivity contribution in [1.82, 2.24) is 20.5 Å². The average molecular weight is 442 g/mol. The Kier molecular flexibility index (Phi) is 5.63. The van der Waals surface area contributed by atoms with Gasteiger partial charge in [0.15, 0.2) is 11.5 Å². The first-order valence-electron chi connectivity index (χ1n) is 10.5. The lowest BCUT2D eigenvalue weighted by Gasteiger charge is -2.18. The van der Waals surface area contributed by atoms with Crippen LogP contribution >= 0.6 is 0 Å². The number of aromatic nitrogens is 3. The summed E-state index contributed by atoms with van der Waals surface area (Å²) in [6.07, 6.45) is 7.23. The standard InChI is InChI=1S/C25H22N4O4/c1-31-24-18(25(30)27-15-17-3-2-10-26-14-17)6-8-20-23(24)19(28-29-20)7-4-16-5-9-21-22(13-16)33-12-11-32-21/h2-10,13-14H,11-12,15H2,1H3,(H,27,30)(H,28,29)/b7-4+. The van der Waals surface area contributed by atoms with Gasteiger partial charge in [0.25, 0.3) is 5.91 Å². The normalized spacial score (nSPS) is 12.8. The number of H-pyrrole nitrogens is 1. The van der Waals surface area contributed by atoms with E-state index in [0.29, 0.717) is 36.8 Å². The van der Waals surface area contributed by atoms with Gasteiger partial charge in [0.05, 0.1) is 29.3 Å². The summed E-state index contributed by atoms with van der Waals surface area (Å²) in [5.41, 5.74) is 3.73. The summed E-state index contributed by atoms with van der Waals surface area (Å²) in [6, 6.07) is 13.1. The minimum atomic E-state index is -0.236. The highest BCUT2D eigenvalue weighted by molar-refractivity contribution is 6.05. The van der Waals surface area contributed by atoms with E-state index in [4.69, 9.17) is 14.2 Å². The minimum absolute atomic E-state index is 0.236. The van der Waals surface area contributed by atoms with Crippen molar-refractivity contribution in [2.24, 2.45) is 0 Å². The molecule has 5 rings (SSSR count). The number of amides is 1. The van der Waals surface area contributed by atoms with Gasteiger partial charge in [0.2, 0.25) is 0 Å². The molecule has 0 spiro atoms. The van der Waals surface area contributed by atoms with Gasteiger partial charge in [-0.15, -0.1) is 0 Å². The highest BCUT2D eigenvalue weighted by atomic mass is 16.6. The molecule has 2 N–H and O–H groups in total. The van der Waals surface area contributed by atoms with Crippen LogP contribution in [0.3, 0.4) is 0 Å². The summed E-state index contributed by atoms with van der Waals surface area (Å²) in [4.78, 5) is 17.0. The van der Waals surface area contributed by atoms with Crippen molar-refractivity contribution in [3.63, 3.8) is 0 Å². The molecule has 8 nitrogen and oxygen atoms in total. The fourth-order valence-electron chi connectivity index (χ4n) is 3.74. The van der Waals surface area contributed by atoms with E-state index >= 15 is 0 Å². The van der Waals surface area contributed by atoms with Gasteiger partial charge in [-0.2, -0.15) is 5.10 Å². The second kappa shape index (κ2) is 9.04. The maximum atomic E-state index is 12.9. The Labute approximate surface area is 190 Å². The topological polar surface area (TPSA) is 98.4 Å². The molecule has 4 aromatic rings. The van der Waals surface area contributed by atoms with Crippen LogP contribution in [0, 0.1) is 0 Å². The first-order chi connectivity index (χ1) is 16.2. The van der Waals surface area contributed by atoms with E-state index in [1.807, 2.05) is 48.6 Å². The van der Waals surface area contributed by atoms with Crippen LogP contribution in [0.5, 0.6) is 17.2 Å². The Morgan fingerprint density at radius 2 is 2.03 bits per heavy atom. The number of nitrogens with one attached hydrogen (secondary N) is 2. The van der Waals surface area contributed by atoms with Crippen molar-refractivity contribution in [3.05, 3.63) is 77.2 Å². The van der Waals surface area contributed by atoms with Crippen LogP contribution in [-0.4, -0.2) is 41.4 Å². The van der Waals surface area contributed by atoms with Crippen molar-refractivity contribution in [2.45, 2.75) is 6.54 Å². The summed E-state index contributed by atoms with van der Waals surface area (Å²) in [6.45, 7) is 1.46. The maximum absolute atomic E-state index is 12.9. The third kappa shape index (κ3) is 4.23. The van der Waals surface area contributed by atoms with E-state index in [-0.39, 0.29) is 5.91 Å². The summed E-state index contributed by atoms with van der Waals surface area (Å²) >= 11 is 0. The molecule has 2 aromatic carbocycles. The summed E-state index contributed by atoms with van der Waals surface area (Å²) < 4.78 is 16.9. The molecule has 3 heterocycles. The number of methoxy groups -OCH3 is 1. The summed E-state index contributed by atoms with van der Waals surface area (Å²) in [5, 5.41) is 11.1. The Bertz CT molecular complexity index is 1330. The Balaban J connectivity index is 1.43. The molecule has 0 saturated heterocycles. The summed E-state index contributed by atoms with van der Waals surface area (Å²) in [5.74, 6) is 1.69. The van der Waals surface area contributed by atoms with Gasteiger partial charge >= 0.3 is 0 Å². The molecule has 0 radical (unpaired) electrons. The lowest BCUT2D eigenvalue weighted by molar-refractivity contribution is 0.0948. The molecule has 33 heavy (non-hydrogen) atoms. The molecule has 0 saturated carbocycles. The zero-order valence-corrected chi connectivity index (χ0v) is 18.0. The lowest BCUT2D eigenvalue weighted by atomic mass is 10.1. The SMILES string of the molecule is COc1c(C(=O)NCc2cccnc2)ccc2[nH]nc(/C=C/c3ccc4c(c3)OCCO4)c12. The number of nitrogens with zero attached hydrogens (tertiary/aromatic N) is 2. The Hall–Kier alpha value is -4.33. The monoisotopic (exact) mass is 442 g/mol. The number of rotatable bonds is 6. The smallest absolute Gasteiger partial charge is 0.255 e. The van der Waals surface area contributed by atoms with E-state index in [2.05, 4.69) is 20.5 Å². The lowest BCUT2D eigenvalue weighted by Crippen LogP contribution is -2.23. The number of aromatic amines is 1. The first kappa shape index (κ1) is 20.6. The van der Waals surface area contributed by atoms with Crippen LogP contribution in [0.1, 0.15) is 27.2 Å². The molecule has 1 amide bonds. The van der Waals surface area contributed by atoms with E-state index in [9.17, 15) is 4.79 Å². The van der Waals surface area contributed by atoms with Crippen LogP contribution in [-0.2, 0) is 6.54 Å². The number of hydrogen-bond donors (Lipinski definition) is 2. The number of benzene rings is 2. The molecule has 0 bridgehead atoms. The number of hydrogen-bond acceptors (Lipinski definition) is 6. The third-order valence-electron chi connectivity index (χ3n) is 5.34. The Morgan fingerprint density at radius 3 is 2.85 bits per heavy atom. The molecule has 8 heteroatoms. The van der Waals surface area contributed by atoms with E-state index < -0.39 is 0 Å². The van der Waals surface area contributed by atoms with Crippen LogP contribution in [0.15, 0.2) is 54.9 Å². The van der Waals surface area contributed by atoms with E-state index in [0.717, 1.165) is 33.5 Å². The third-order valence-corrected chi connectivity index (χ3v) is 5.34. The van der Waals surface area contributed by atoms with E-state index in [1.54, 1.807) is 25.6 Å². The summed E-state index contributed by atoms with van der Waals surface area (Å²) in [7, 11) is 1.55. The number of fused-ring (bicyclic) bond motifs is 2. The predicted molar refractivity (Wildman–Crippen MR) is 124 cm³/mol.